The normalized spacial score (nSPS) is 13.4. The number of urea groups is 1. The van der Waals surface area contributed by atoms with Crippen LogP contribution in [0.5, 0.6) is 0 Å². The SMILES string of the molecule is O=C(Nc1ccc(Cl)cc1C(F)(F)F)NC(Cc1ccccc1)(c1cccc(C(F)(F)F)c1)c1ccccn1. The average Bonchev–Trinajstić information content (AvgIpc) is 2.89. The second kappa shape index (κ2) is 11.0. The summed E-state index contributed by atoms with van der Waals surface area (Å²) in [7, 11) is 0. The van der Waals surface area contributed by atoms with Gasteiger partial charge in [0.05, 0.1) is 22.5 Å². The molecule has 1 aromatic heterocycles. The maximum atomic E-state index is 13.7. The topological polar surface area (TPSA) is 54.0 Å². The van der Waals surface area contributed by atoms with Gasteiger partial charge in [0, 0.05) is 17.6 Å². The van der Waals surface area contributed by atoms with Gasteiger partial charge in [-0.3, -0.25) is 4.98 Å². The molecule has 4 aromatic rings. The van der Waals surface area contributed by atoms with Gasteiger partial charge in [-0.2, -0.15) is 26.3 Å². The number of amides is 2. The fourth-order valence-corrected chi connectivity index (χ4v) is 4.38. The minimum absolute atomic E-state index is 0.0298. The lowest BCUT2D eigenvalue weighted by atomic mass is 9.80. The van der Waals surface area contributed by atoms with Crippen LogP contribution >= 0.6 is 11.6 Å². The quantitative estimate of drug-likeness (QED) is 0.233. The molecule has 0 fully saturated rings. The van der Waals surface area contributed by atoms with Gasteiger partial charge in [0.2, 0.25) is 0 Å². The molecule has 0 saturated carbocycles. The number of carbonyl (C=O) groups is 1. The summed E-state index contributed by atoms with van der Waals surface area (Å²) in [5, 5.41) is 4.65. The van der Waals surface area contributed by atoms with Gasteiger partial charge >= 0.3 is 18.4 Å². The Hall–Kier alpha value is -4.05. The number of halogens is 7. The summed E-state index contributed by atoms with van der Waals surface area (Å²) in [6.07, 6.45) is -8.18. The van der Waals surface area contributed by atoms with Crippen LogP contribution in [-0.4, -0.2) is 11.0 Å². The zero-order valence-corrected chi connectivity index (χ0v) is 20.7. The van der Waals surface area contributed by atoms with E-state index in [1.807, 2.05) is 0 Å². The first-order chi connectivity index (χ1) is 18.4. The second-order valence-corrected chi connectivity index (χ2v) is 9.06. The van der Waals surface area contributed by atoms with Crippen LogP contribution in [0.2, 0.25) is 5.02 Å². The minimum atomic E-state index is -4.84. The molecule has 3 aromatic carbocycles. The molecular weight excluding hydrogens is 544 g/mol. The highest BCUT2D eigenvalue weighted by Crippen LogP contribution is 2.38. The first-order valence-electron chi connectivity index (χ1n) is 11.5. The zero-order chi connectivity index (χ0) is 28.3. The van der Waals surface area contributed by atoms with Crippen molar-refractivity contribution in [3.8, 4) is 0 Å². The van der Waals surface area contributed by atoms with Gasteiger partial charge in [0.1, 0.15) is 5.54 Å². The predicted octanol–water partition coefficient (Wildman–Crippen LogP) is 8.08. The Labute approximate surface area is 224 Å². The van der Waals surface area contributed by atoms with E-state index in [2.05, 4.69) is 15.6 Å². The maximum absolute atomic E-state index is 13.7. The molecule has 0 bridgehead atoms. The first kappa shape index (κ1) is 28.0. The first-order valence-corrected chi connectivity index (χ1v) is 11.9. The number of pyridine rings is 1. The second-order valence-electron chi connectivity index (χ2n) is 8.63. The van der Waals surface area contributed by atoms with Crippen molar-refractivity contribution in [1.29, 1.82) is 0 Å². The molecule has 0 saturated heterocycles. The number of anilines is 1. The third-order valence-corrected chi connectivity index (χ3v) is 6.19. The standard InChI is InChI=1S/C28H20ClF6N3O/c29-21-12-13-23(22(16-21)28(33,34)35)37-25(39)38-26(24-11-4-5-14-36-24,17-18-7-2-1-3-8-18)19-9-6-10-20(15-19)27(30,31)32/h1-16H,17H2,(H2,37,38,39). The summed E-state index contributed by atoms with van der Waals surface area (Å²) in [6.45, 7) is 0. The highest BCUT2D eigenvalue weighted by molar-refractivity contribution is 6.30. The number of hydrogen-bond acceptors (Lipinski definition) is 2. The number of rotatable bonds is 6. The Kier molecular flexibility index (Phi) is 7.87. The summed E-state index contributed by atoms with van der Waals surface area (Å²) in [5.41, 5.74) is -3.61. The molecule has 0 spiro atoms. The lowest BCUT2D eigenvalue weighted by Crippen LogP contribution is -2.50. The Balaban J connectivity index is 1.86. The molecule has 0 radical (unpaired) electrons. The van der Waals surface area contributed by atoms with Crippen LogP contribution in [0.4, 0.5) is 36.8 Å². The molecule has 4 rings (SSSR count). The molecule has 2 N–H and O–H groups in total. The van der Waals surface area contributed by atoms with E-state index in [-0.39, 0.29) is 22.7 Å². The van der Waals surface area contributed by atoms with Crippen molar-refractivity contribution in [3.63, 3.8) is 0 Å². The molecule has 39 heavy (non-hydrogen) atoms. The summed E-state index contributed by atoms with van der Waals surface area (Å²) >= 11 is 5.74. The van der Waals surface area contributed by atoms with Crippen LogP contribution in [0.25, 0.3) is 0 Å². The maximum Gasteiger partial charge on any atom is 0.418 e. The number of hydrogen-bond donors (Lipinski definition) is 2. The van der Waals surface area contributed by atoms with Gasteiger partial charge in [-0.15, -0.1) is 0 Å². The van der Waals surface area contributed by atoms with Crippen molar-refractivity contribution in [2.45, 2.75) is 24.3 Å². The Morgan fingerprint density at radius 1 is 0.769 bits per heavy atom. The summed E-state index contributed by atoms with van der Waals surface area (Å²) < 4.78 is 82.0. The van der Waals surface area contributed by atoms with E-state index in [1.165, 1.54) is 30.5 Å². The van der Waals surface area contributed by atoms with Gasteiger partial charge in [-0.1, -0.05) is 60.1 Å². The predicted molar refractivity (Wildman–Crippen MR) is 135 cm³/mol. The van der Waals surface area contributed by atoms with E-state index in [1.54, 1.807) is 42.5 Å². The van der Waals surface area contributed by atoms with E-state index in [0.29, 0.717) is 11.6 Å². The molecule has 0 aliphatic heterocycles. The Morgan fingerprint density at radius 3 is 2.10 bits per heavy atom. The van der Waals surface area contributed by atoms with E-state index in [4.69, 9.17) is 11.6 Å². The van der Waals surface area contributed by atoms with Gasteiger partial charge < -0.3 is 10.6 Å². The molecule has 1 atom stereocenters. The Bertz CT molecular complexity index is 1450. The molecule has 202 valence electrons. The number of carbonyl (C=O) groups excluding carboxylic acids is 1. The molecule has 11 heteroatoms. The Morgan fingerprint density at radius 2 is 1.46 bits per heavy atom. The lowest BCUT2D eigenvalue weighted by Gasteiger charge is -2.36. The van der Waals surface area contributed by atoms with E-state index < -0.39 is 40.7 Å². The van der Waals surface area contributed by atoms with Crippen molar-refractivity contribution >= 4 is 23.3 Å². The molecule has 4 nitrogen and oxygen atoms in total. The monoisotopic (exact) mass is 563 g/mol. The van der Waals surface area contributed by atoms with Crippen molar-refractivity contribution in [3.05, 3.63) is 130 Å². The van der Waals surface area contributed by atoms with Gasteiger partial charge in [0.25, 0.3) is 0 Å². The molecule has 1 heterocycles. The van der Waals surface area contributed by atoms with Crippen LogP contribution < -0.4 is 10.6 Å². The molecule has 0 aliphatic carbocycles. The van der Waals surface area contributed by atoms with Crippen molar-refractivity contribution in [1.82, 2.24) is 10.3 Å². The van der Waals surface area contributed by atoms with Crippen molar-refractivity contribution < 1.29 is 31.1 Å². The van der Waals surface area contributed by atoms with E-state index in [0.717, 1.165) is 18.2 Å². The summed E-state index contributed by atoms with van der Waals surface area (Å²) in [6, 6.07) is 19.4. The number of benzene rings is 3. The number of alkyl halides is 6. The number of nitrogens with zero attached hydrogens (tertiary/aromatic N) is 1. The van der Waals surface area contributed by atoms with Crippen LogP contribution in [0.3, 0.4) is 0 Å². The molecule has 0 aliphatic rings. The minimum Gasteiger partial charge on any atom is -0.322 e. The largest absolute Gasteiger partial charge is 0.418 e. The van der Waals surface area contributed by atoms with Crippen molar-refractivity contribution in [2.75, 3.05) is 5.32 Å². The third kappa shape index (κ3) is 6.51. The molecular formula is C28H20ClF6N3O. The van der Waals surface area contributed by atoms with Crippen LogP contribution in [0.15, 0.2) is 97.2 Å². The van der Waals surface area contributed by atoms with Crippen LogP contribution in [-0.2, 0) is 24.3 Å². The lowest BCUT2D eigenvalue weighted by molar-refractivity contribution is -0.138. The van der Waals surface area contributed by atoms with E-state index in [9.17, 15) is 31.1 Å². The number of nitrogens with one attached hydrogen (secondary N) is 2. The zero-order valence-electron chi connectivity index (χ0n) is 19.9. The van der Waals surface area contributed by atoms with Gasteiger partial charge in [0.15, 0.2) is 0 Å². The smallest absolute Gasteiger partial charge is 0.322 e. The summed E-state index contributed by atoms with van der Waals surface area (Å²) in [5.74, 6) is 0. The average molecular weight is 564 g/mol. The van der Waals surface area contributed by atoms with E-state index >= 15 is 0 Å². The summed E-state index contributed by atoms with van der Waals surface area (Å²) in [4.78, 5) is 17.7. The molecule has 1 unspecified atom stereocenters. The third-order valence-electron chi connectivity index (χ3n) is 5.96. The highest BCUT2D eigenvalue weighted by Gasteiger charge is 2.41. The highest BCUT2D eigenvalue weighted by atomic mass is 35.5. The fourth-order valence-electron chi connectivity index (χ4n) is 4.21. The number of aromatic nitrogens is 1. The molecule has 2 amide bonds. The van der Waals surface area contributed by atoms with Gasteiger partial charge in [-0.25, -0.2) is 4.79 Å². The van der Waals surface area contributed by atoms with Crippen LogP contribution in [0.1, 0.15) is 27.9 Å². The fraction of sp³-hybridized carbons (Fsp3) is 0.143. The van der Waals surface area contributed by atoms with Crippen molar-refractivity contribution in [2.24, 2.45) is 0 Å². The van der Waals surface area contributed by atoms with Gasteiger partial charge in [-0.05, 0) is 53.6 Å². The van der Waals surface area contributed by atoms with Crippen LogP contribution in [0, 0.1) is 0 Å².